The Morgan fingerprint density at radius 3 is 2.44 bits per heavy atom. The van der Waals surface area contributed by atoms with E-state index in [4.69, 9.17) is 0 Å². The fourth-order valence-corrected chi connectivity index (χ4v) is 2.13. The van der Waals surface area contributed by atoms with E-state index in [1.165, 1.54) is 18.3 Å². The Balaban J connectivity index is 1.64. The quantitative estimate of drug-likeness (QED) is 0.744. The number of nitrogens with zero attached hydrogens (tertiary/aromatic N) is 2. The second kappa shape index (κ2) is 7.48. The molecule has 2 aromatic heterocycles. The minimum Gasteiger partial charge on any atom is -0.380 e. The van der Waals surface area contributed by atoms with E-state index < -0.39 is 23.2 Å². The van der Waals surface area contributed by atoms with Crippen molar-refractivity contribution in [2.24, 2.45) is 0 Å². The molecule has 0 radical (unpaired) electrons. The first-order valence-electron chi connectivity index (χ1n) is 7.47. The van der Waals surface area contributed by atoms with Crippen molar-refractivity contribution in [2.45, 2.75) is 6.54 Å². The van der Waals surface area contributed by atoms with E-state index in [-0.39, 0.29) is 5.69 Å². The number of pyridine rings is 2. The summed E-state index contributed by atoms with van der Waals surface area (Å²) < 4.78 is 27.1. The molecule has 1 aromatic carbocycles. The third kappa shape index (κ3) is 4.14. The van der Waals surface area contributed by atoms with Crippen molar-refractivity contribution in [2.75, 3.05) is 10.6 Å². The molecule has 3 aromatic rings. The number of carbonyl (C=O) groups is 1. The summed E-state index contributed by atoms with van der Waals surface area (Å²) in [7, 11) is 0. The predicted octanol–water partition coefficient (Wildman–Crippen LogP) is 3.62. The zero-order valence-electron chi connectivity index (χ0n) is 13.0. The molecule has 0 aliphatic rings. The number of hydrogen-bond donors (Lipinski definition) is 2. The molecule has 25 heavy (non-hydrogen) atoms. The number of carbonyl (C=O) groups excluding carboxylic acids is 1. The van der Waals surface area contributed by atoms with E-state index in [1.807, 2.05) is 12.1 Å². The van der Waals surface area contributed by atoms with Crippen LogP contribution < -0.4 is 10.6 Å². The number of para-hydroxylation sites is 1. The molecule has 5 nitrogen and oxygen atoms in total. The number of halogens is 2. The normalized spacial score (nSPS) is 10.3. The Kier molecular flexibility index (Phi) is 4.94. The Hall–Kier alpha value is -3.35. The lowest BCUT2D eigenvalue weighted by molar-refractivity contribution is 0.102. The number of hydrogen-bond acceptors (Lipinski definition) is 4. The average molecular weight is 340 g/mol. The Morgan fingerprint density at radius 2 is 1.80 bits per heavy atom. The first-order valence-corrected chi connectivity index (χ1v) is 7.47. The molecule has 0 aliphatic carbocycles. The van der Waals surface area contributed by atoms with Crippen LogP contribution in [-0.2, 0) is 6.54 Å². The van der Waals surface area contributed by atoms with Crippen molar-refractivity contribution < 1.29 is 13.6 Å². The molecule has 0 atom stereocenters. The van der Waals surface area contributed by atoms with Gasteiger partial charge in [-0.1, -0.05) is 12.1 Å². The van der Waals surface area contributed by atoms with Crippen LogP contribution in [0.5, 0.6) is 0 Å². The molecule has 0 bridgehead atoms. The lowest BCUT2D eigenvalue weighted by Gasteiger charge is -2.08. The molecular formula is C18H14F2N4O. The van der Waals surface area contributed by atoms with Gasteiger partial charge in [-0.2, -0.15) is 0 Å². The first-order chi connectivity index (χ1) is 12.1. The summed E-state index contributed by atoms with van der Waals surface area (Å²) in [5, 5.41) is 5.33. The van der Waals surface area contributed by atoms with E-state index in [2.05, 4.69) is 20.6 Å². The van der Waals surface area contributed by atoms with Gasteiger partial charge in [-0.05, 0) is 35.9 Å². The molecule has 0 unspecified atom stereocenters. The molecule has 0 aliphatic heterocycles. The summed E-state index contributed by atoms with van der Waals surface area (Å²) in [5.41, 5.74) is 1.26. The Labute approximate surface area is 142 Å². The van der Waals surface area contributed by atoms with Crippen molar-refractivity contribution in [3.05, 3.63) is 83.9 Å². The van der Waals surface area contributed by atoms with Gasteiger partial charge in [0, 0.05) is 18.9 Å². The van der Waals surface area contributed by atoms with Crippen LogP contribution >= 0.6 is 0 Å². The fourth-order valence-electron chi connectivity index (χ4n) is 2.13. The number of rotatable bonds is 5. The Morgan fingerprint density at radius 1 is 1.00 bits per heavy atom. The van der Waals surface area contributed by atoms with E-state index in [1.54, 1.807) is 18.5 Å². The second-order valence-corrected chi connectivity index (χ2v) is 5.20. The van der Waals surface area contributed by atoms with Crippen LogP contribution in [-0.4, -0.2) is 15.9 Å². The van der Waals surface area contributed by atoms with E-state index in [9.17, 15) is 13.6 Å². The summed E-state index contributed by atoms with van der Waals surface area (Å²) in [6, 6.07) is 10.3. The van der Waals surface area contributed by atoms with Gasteiger partial charge in [-0.25, -0.2) is 13.8 Å². The molecule has 0 saturated carbocycles. The zero-order chi connectivity index (χ0) is 17.6. The van der Waals surface area contributed by atoms with E-state index in [0.717, 1.165) is 17.7 Å². The van der Waals surface area contributed by atoms with Gasteiger partial charge in [0.15, 0.2) is 0 Å². The molecular weight excluding hydrogens is 326 g/mol. The first kappa shape index (κ1) is 16.5. The zero-order valence-corrected chi connectivity index (χ0v) is 13.0. The molecule has 1 amide bonds. The minimum atomic E-state index is -0.844. The summed E-state index contributed by atoms with van der Waals surface area (Å²) in [6.45, 7) is 0.557. The fraction of sp³-hybridized carbons (Fsp3) is 0.0556. The van der Waals surface area contributed by atoms with Gasteiger partial charge in [0.2, 0.25) is 0 Å². The largest absolute Gasteiger partial charge is 0.380 e. The maximum absolute atomic E-state index is 13.6. The number of aromatic nitrogens is 2. The molecule has 0 spiro atoms. The molecule has 2 heterocycles. The molecule has 0 saturated heterocycles. The van der Waals surface area contributed by atoms with Crippen molar-refractivity contribution in [1.82, 2.24) is 9.97 Å². The Bertz CT molecular complexity index is 850. The van der Waals surface area contributed by atoms with Crippen molar-refractivity contribution in [3.8, 4) is 0 Å². The predicted molar refractivity (Wildman–Crippen MR) is 90.1 cm³/mol. The van der Waals surface area contributed by atoms with Gasteiger partial charge >= 0.3 is 0 Å². The van der Waals surface area contributed by atoms with Crippen molar-refractivity contribution in [1.29, 1.82) is 0 Å². The van der Waals surface area contributed by atoms with Gasteiger partial charge in [-0.15, -0.1) is 0 Å². The van der Waals surface area contributed by atoms with Crippen molar-refractivity contribution in [3.63, 3.8) is 0 Å². The smallest absolute Gasteiger partial charge is 0.274 e. The third-order valence-electron chi connectivity index (χ3n) is 3.42. The van der Waals surface area contributed by atoms with E-state index >= 15 is 0 Å². The number of amides is 1. The summed E-state index contributed by atoms with van der Waals surface area (Å²) in [6.07, 6.45) is 4.91. The van der Waals surface area contributed by atoms with Gasteiger partial charge in [0.1, 0.15) is 23.0 Å². The van der Waals surface area contributed by atoms with Crippen LogP contribution in [0.1, 0.15) is 16.1 Å². The molecule has 7 heteroatoms. The highest BCUT2D eigenvalue weighted by molar-refractivity contribution is 6.03. The molecule has 0 fully saturated rings. The maximum atomic E-state index is 13.6. The van der Waals surface area contributed by atoms with Crippen LogP contribution in [0.25, 0.3) is 0 Å². The molecule has 2 N–H and O–H groups in total. The topological polar surface area (TPSA) is 66.9 Å². The van der Waals surface area contributed by atoms with Crippen LogP contribution in [0.2, 0.25) is 0 Å². The summed E-state index contributed by atoms with van der Waals surface area (Å²) in [5.74, 6) is -2.38. The van der Waals surface area contributed by atoms with Crippen LogP contribution in [0.4, 0.5) is 20.2 Å². The van der Waals surface area contributed by atoms with Gasteiger partial charge in [-0.3, -0.25) is 9.78 Å². The monoisotopic (exact) mass is 340 g/mol. The highest BCUT2D eigenvalue weighted by Crippen LogP contribution is 2.19. The molecule has 3 rings (SSSR count). The number of benzene rings is 1. The third-order valence-corrected chi connectivity index (χ3v) is 3.42. The minimum absolute atomic E-state index is 0.0505. The SMILES string of the molecule is O=C(Nc1c(F)cccc1F)c1ccc(NCc2cccnc2)cn1. The number of nitrogens with one attached hydrogen (secondary N) is 2. The molecule has 126 valence electrons. The van der Waals surface area contributed by atoms with Crippen LogP contribution in [0, 0.1) is 11.6 Å². The summed E-state index contributed by atoms with van der Waals surface area (Å²) in [4.78, 5) is 20.1. The van der Waals surface area contributed by atoms with Crippen molar-refractivity contribution >= 4 is 17.3 Å². The highest BCUT2D eigenvalue weighted by Gasteiger charge is 2.14. The second-order valence-electron chi connectivity index (χ2n) is 5.20. The number of anilines is 2. The van der Waals surface area contributed by atoms with E-state index in [0.29, 0.717) is 12.2 Å². The summed E-state index contributed by atoms with van der Waals surface area (Å²) >= 11 is 0. The lowest BCUT2D eigenvalue weighted by Crippen LogP contribution is -2.15. The maximum Gasteiger partial charge on any atom is 0.274 e. The standard InChI is InChI=1S/C18H14F2N4O/c19-14-4-1-5-15(20)17(14)24-18(25)16-7-6-13(11-23-16)22-10-12-3-2-8-21-9-12/h1-9,11,22H,10H2,(H,24,25). The van der Waals surface area contributed by atoms with Gasteiger partial charge < -0.3 is 10.6 Å². The van der Waals surface area contributed by atoms with Gasteiger partial charge in [0.25, 0.3) is 5.91 Å². The average Bonchev–Trinajstić information content (AvgIpc) is 2.64. The van der Waals surface area contributed by atoms with Crippen LogP contribution in [0.3, 0.4) is 0 Å². The van der Waals surface area contributed by atoms with Gasteiger partial charge in [0.05, 0.1) is 11.9 Å². The lowest BCUT2D eigenvalue weighted by atomic mass is 10.2. The van der Waals surface area contributed by atoms with Crippen LogP contribution in [0.15, 0.2) is 61.1 Å². The highest BCUT2D eigenvalue weighted by atomic mass is 19.1.